The van der Waals surface area contributed by atoms with Gasteiger partial charge in [0.1, 0.15) is 5.75 Å². The van der Waals surface area contributed by atoms with Crippen LogP contribution < -0.4 is 10.1 Å². The van der Waals surface area contributed by atoms with Crippen LogP contribution in [-0.2, 0) is 20.8 Å². The Bertz CT molecular complexity index is 644. The van der Waals surface area contributed by atoms with Crippen molar-refractivity contribution in [3.63, 3.8) is 0 Å². The molecule has 1 aliphatic heterocycles. The zero-order valence-electron chi connectivity index (χ0n) is 15.8. The number of benzene rings is 1. The SMILES string of the molecule is CCOc1ccc(CC(CNC(=O)CN2CCCCCC2=O)C(=O)O)cc1. The Morgan fingerprint density at radius 3 is 2.63 bits per heavy atom. The molecule has 0 bridgehead atoms. The van der Waals surface area contributed by atoms with Crippen molar-refractivity contribution < 1.29 is 24.2 Å². The average Bonchev–Trinajstić information content (AvgIpc) is 2.84. The number of nitrogens with zero attached hydrogens (tertiary/aromatic N) is 1. The van der Waals surface area contributed by atoms with Crippen LogP contribution in [0.5, 0.6) is 5.75 Å². The first kappa shape index (κ1) is 20.7. The largest absolute Gasteiger partial charge is 0.494 e. The zero-order valence-corrected chi connectivity index (χ0v) is 15.8. The van der Waals surface area contributed by atoms with Gasteiger partial charge in [-0.2, -0.15) is 0 Å². The zero-order chi connectivity index (χ0) is 19.6. The van der Waals surface area contributed by atoms with E-state index in [4.69, 9.17) is 4.74 Å². The standard InChI is InChI=1S/C20H28N2O5/c1-2-27-17-9-7-15(8-10-17)12-16(20(25)26)13-21-18(23)14-22-11-5-3-4-6-19(22)24/h7-10,16H,2-6,11-14H2,1H3,(H,21,23)(H,25,26). The summed E-state index contributed by atoms with van der Waals surface area (Å²) in [5, 5.41) is 12.1. The lowest BCUT2D eigenvalue weighted by Gasteiger charge is -2.20. The molecule has 148 valence electrons. The number of carbonyl (C=O) groups excluding carboxylic acids is 2. The van der Waals surface area contributed by atoms with E-state index in [1.54, 1.807) is 17.0 Å². The Labute approximate surface area is 159 Å². The highest BCUT2D eigenvalue weighted by molar-refractivity contribution is 5.85. The molecule has 7 nitrogen and oxygen atoms in total. The van der Waals surface area contributed by atoms with Gasteiger partial charge in [-0.25, -0.2) is 0 Å². The van der Waals surface area contributed by atoms with Gasteiger partial charge in [-0.15, -0.1) is 0 Å². The van der Waals surface area contributed by atoms with Crippen molar-refractivity contribution in [2.45, 2.75) is 39.0 Å². The van der Waals surface area contributed by atoms with Gasteiger partial charge >= 0.3 is 5.97 Å². The molecule has 2 amide bonds. The van der Waals surface area contributed by atoms with Gasteiger partial charge in [0.2, 0.25) is 11.8 Å². The molecule has 0 aromatic heterocycles. The van der Waals surface area contributed by atoms with Gasteiger partial charge in [0.25, 0.3) is 0 Å². The van der Waals surface area contributed by atoms with E-state index in [0.717, 1.165) is 30.6 Å². The van der Waals surface area contributed by atoms with Crippen LogP contribution in [0, 0.1) is 5.92 Å². The Hall–Kier alpha value is -2.57. The second-order valence-electron chi connectivity index (χ2n) is 6.75. The summed E-state index contributed by atoms with van der Waals surface area (Å²) in [7, 11) is 0. The topological polar surface area (TPSA) is 95.9 Å². The van der Waals surface area contributed by atoms with Gasteiger partial charge in [0.15, 0.2) is 0 Å². The van der Waals surface area contributed by atoms with Gasteiger partial charge in [0, 0.05) is 19.5 Å². The number of rotatable bonds is 9. The van der Waals surface area contributed by atoms with Crippen molar-refractivity contribution in [3.8, 4) is 5.75 Å². The van der Waals surface area contributed by atoms with Crippen molar-refractivity contribution in [2.24, 2.45) is 5.92 Å². The predicted octanol–water partition coefficient (Wildman–Crippen LogP) is 1.85. The first-order valence-electron chi connectivity index (χ1n) is 9.48. The molecule has 1 aromatic rings. The summed E-state index contributed by atoms with van der Waals surface area (Å²) in [5.41, 5.74) is 0.864. The van der Waals surface area contributed by atoms with E-state index < -0.39 is 11.9 Å². The van der Waals surface area contributed by atoms with E-state index in [0.29, 0.717) is 26.0 Å². The summed E-state index contributed by atoms with van der Waals surface area (Å²) >= 11 is 0. The van der Waals surface area contributed by atoms with E-state index >= 15 is 0 Å². The third-order valence-electron chi connectivity index (χ3n) is 4.62. The van der Waals surface area contributed by atoms with E-state index in [9.17, 15) is 19.5 Å². The van der Waals surface area contributed by atoms with Crippen molar-refractivity contribution in [3.05, 3.63) is 29.8 Å². The molecule has 1 atom stereocenters. The minimum atomic E-state index is -0.963. The van der Waals surface area contributed by atoms with Crippen LogP contribution in [0.3, 0.4) is 0 Å². The van der Waals surface area contributed by atoms with Gasteiger partial charge in [-0.3, -0.25) is 14.4 Å². The van der Waals surface area contributed by atoms with Gasteiger partial charge in [0.05, 0.1) is 19.1 Å². The molecule has 7 heteroatoms. The number of hydrogen-bond donors (Lipinski definition) is 2. The Kier molecular flexibility index (Phi) is 8.10. The number of carboxylic acids is 1. The first-order chi connectivity index (χ1) is 13.0. The summed E-state index contributed by atoms with van der Waals surface area (Å²) in [6.45, 7) is 3.08. The van der Waals surface area contributed by atoms with Gasteiger partial charge in [-0.05, 0) is 43.9 Å². The van der Waals surface area contributed by atoms with Crippen LogP contribution in [0.15, 0.2) is 24.3 Å². The highest BCUT2D eigenvalue weighted by Gasteiger charge is 2.22. The summed E-state index contributed by atoms with van der Waals surface area (Å²) in [5.74, 6) is -1.28. The molecule has 27 heavy (non-hydrogen) atoms. The molecular formula is C20H28N2O5. The lowest BCUT2D eigenvalue weighted by Crippen LogP contribution is -2.42. The predicted molar refractivity (Wildman–Crippen MR) is 100 cm³/mol. The highest BCUT2D eigenvalue weighted by Crippen LogP contribution is 2.15. The van der Waals surface area contributed by atoms with Gasteiger partial charge < -0.3 is 20.1 Å². The minimum absolute atomic E-state index is 0.00573. The van der Waals surface area contributed by atoms with E-state index in [2.05, 4.69) is 5.32 Å². The number of nitrogens with one attached hydrogen (secondary N) is 1. The molecule has 1 heterocycles. The molecule has 1 aromatic carbocycles. The molecule has 1 fully saturated rings. The Morgan fingerprint density at radius 2 is 1.96 bits per heavy atom. The van der Waals surface area contributed by atoms with Crippen LogP contribution in [0.4, 0.5) is 0 Å². The first-order valence-corrected chi connectivity index (χ1v) is 9.48. The summed E-state index contributed by atoms with van der Waals surface area (Å²) in [4.78, 5) is 37.2. The summed E-state index contributed by atoms with van der Waals surface area (Å²) < 4.78 is 5.38. The quantitative estimate of drug-likeness (QED) is 0.686. The number of carboxylic acid groups (broad SMARTS) is 1. The fourth-order valence-corrected chi connectivity index (χ4v) is 3.09. The lowest BCUT2D eigenvalue weighted by molar-refractivity contribution is -0.142. The van der Waals surface area contributed by atoms with Crippen molar-refractivity contribution >= 4 is 17.8 Å². The van der Waals surface area contributed by atoms with Crippen LogP contribution in [-0.4, -0.2) is 54.0 Å². The van der Waals surface area contributed by atoms with Crippen molar-refractivity contribution in [2.75, 3.05) is 26.2 Å². The molecule has 0 radical (unpaired) electrons. The molecule has 0 saturated carbocycles. The van der Waals surface area contributed by atoms with E-state index in [-0.39, 0.29) is 24.9 Å². The number of carbonyl (C=O) groups is 3. The normalized spacial score (nSPS) is 15.7. The third-order valence-corrected chi connectivity index (χ3v) is 4.62. The third kappa shape index (κ3) is 6.92. The monoisotopic (exact) mass is 376 g/mol. The molecule has 1 saturated heterocycles. The molecule has 0 aliphatic carbocycles. The maximum absolute atomic E-state index is 12.2. The minimum Gasteiger partial charge on any atom is -0.494 e. The fourth-order valence-electron chi connectivity index (χ4n) is 3.09. The van der Waals surface area contributed by atoms with Crippen LogP contribution in [0.1, 0.15) is 38.2 Å². The second-order valence-corrected chi connectivity index (χ2v) is 6.75. The summed E-state index contributed by atoms with van der Waals surface area (Å²) in [6, 6.07) is 7.28. The second kappa shape index (κ2) is 10.5. The molecule has 2 rings (SSSR count). The molecule has 1 aliphatic rings. The number of ether oxygens (including phenoxy) is 1. The number of aliphatic carboxylic acids is 1. The fraction of sp³-hybridized carbons (Fsp3) is 0.550. The van der Waals surface area contributed by atoms with Crippen molar-refractivity contribution in [1.82, 2.24) is 10.2 Å². The molecule has 2 N–H and O–H groups in total. The Morgan fingerprint density at radius 1 is 1.22 bits per heavy atom. The molecular weight excluding hydrogens is 348 g/mol. The van der Waals surface area contributed by atoms with Crippen LogP contribution >= 0.6 is 0 Å². The number of likely N-dealkylation sites (tertiary alicyclic amines) is 1. The molecule has 1 unspecified atom stereocenters. The smallest absolute Gasteiger partial charge is 0.308 e. The number of hydrogen-bond acceptors (Lipinski definition) is 4. The van der Waals surface area contributed by atoms with Gasteiger partial charge in [-0.1, -0.05) is 18.6 Å². The van der Waals surface area contributed by atoms with Crippen molar-refractivity contribution in [1.29, 1.82) is 0 Å². The maximum Gasteiger partial charge on any atom is 0.308 e. The van der Waals surface area contributed by atoms with E-state index in [1.165, 1.54) is 0 Å². The molecule has 0 spiro atoms. The number of amides is 2. The van der Waals surface area contributed by atoms with Crippen LogP contribution in [0.25, 0.3) is 0 Å². The van der Waals surface area contributed by atoms with Crippen LogP contribution in [0.2, 0.25) is 0 Å². The summed E-state index contributed by atoms with van der Waals surface area (Å²) in [6.07, 6.45) is 3.54. The van der Waals surface area contributed by atoms with E-state index in [1.807, 2.05) is 19.1 Å². The maximum atomic E-state index is 12.2. The Balaban J connectivity index is 1.85. The highest BCUT2D eigenvalue weighted by atomic mass is 16.5. The average molecular weight is 376 g/mol. The lowest BCUT2D eigenvalue weighted by atomic mass is 9.99.